The van der Waals surface area contributed by atoms with Gasteiger partial charge in [0.2, 0.25) is 0 Å². The molecule has 66 valence electrons. The molecule has 13 heavy (non-hydrogen) atoms. The summed E-state index contributed by atoms with van der Waals surface area (Å²) in [7, 11) is 0. The van der Waals surface area contributed by atoms with E-state index in [4.69, 9.17) is 14.7 Å². The van der Waals surface area contributed by atoms with Gasteiger partial charge in [-0.15, -0.1) is 0 Å². The Labute approximate surface area is 75.0 Å². The van der Waals surface area contributed by atoms with E-state index in [9.17, 15) is 4.79 Å². The van der Waals surface area contributed by atoms with Crippen LogP contribution in [0.5, 0.6) is 0 Å². The molecule has 0 saturated heterocycles. The van der Waals surface area contributed by atoms with Crippen molar-refractivity contribution in [3.8, 4) is 6.07 Å². The lowest BCUT2D eigenvalue weighted by atomic mass is 10.1. The minimum Gasteiger partial charge on any atom is -0.452 e. The molecule has 4 heteroatoms. The number of nitrogens with zero attached hydrogens (tertiary/aromatic N) is 1. The molecule has 0 radical (unpaired) electrons. The molecular weight excluding hydrogens is 170 g/mol. The molecule has 0 spiro atoms. The monoisotopic (exact) mass is 177 g/mol. The molecule has 0 fully saturated rings. The van der Waals surface area contributed by atoms with Gasteiger partial charge in [0.25, 0.3) is 0 Å². The predicted molar refractivity (Wildman–Crippen MR) is 42.4 cm³/mol. The Bertz CT molecular complexity index is 326. The summed E-state index contributed by atoms with van der Waals surface area (Å²) in [5.74, 6) is -0.370. The van der Waals surface area contributed by atoms with E-state index >= 15 is 0 Å². The van der Waals surface area contributed by atoms with Gasteiger partial charge in [0.15, 0.2) is 12.2 Å². The lowest BCUT2D eigenvalue weighted by molar-refractivity contribution is -0.149. The lowest BCUT2D eigenvalue weighted by Gasteiger charge is -2.29. The number of esters is 1. The molecular formula is C9H7NO3. The summed E-state index contributed by atoms with van der Waals surface area (Å²) in [6.45, 7) is 0. The zero-order chi connectivity index (χ0) is 9.26. The Morgan fingerprint density at radius 1 is 1.31 bits per heavy atom. The van der Waals surface area contributed by atoms with Crippen LogP contribution in [-0.4, -0.2) is 24.3 Å². The second kappa shape index (κ2) is 3.04. The summed E-state index contributed by atoms with van der Waals surface area (Å²) in [6, 6.07) is 1.96. The number of rotatable bonds is 0. The van der Waals surface area contributed by atoms with Crippen LogP contribution in [-0.2, 0) is 14.3 Å². The van der Waals surface area contributed by atoms with Gasteiger partial charge in [-0.05, 0) is 18.2 Å². The van der Waals surface area contributed by atoms with Crippen molar-refractivity contribution in [2.45, 2.75) is 18.3 Å². The van der Waals surface area contributed by atoms with E-state index < -0.39 is 6.10 Å². The van der Waals surface area contributed by atoms with Crippen molar-refractivity contribution in [1.29, 1.82) is 5.26 Å². The van der Waals surface area contributed by atoms with E-state index in [-0.39, 0.29) is 18.2 Å². The van der Waals surface area contributed by atoms with Crippen molar-refractivity contribution in [2.75, 3.05) is 0 Å². The average molecular weight is 177 g/mol. The van der Waals surface area contributed by atoms with Crippen LogP contribution in [0.25, 0.3) is 0 Å². The van der Waals surface area contributed by atoms with Crippen LogP contribution in [0, 0.1) is 11.3 Å². The zero-order valence-electron chi connectivity index (χ0n) is 6.71. The zero-order valence-corrected chi connectivity index (χ0v) is 6.71. The molecule has 0 N–H and O–H groups in total. The number of hydrogen-bond acceptors (Lipinski definition) is 4. The minimum absolute atomic E-state index is 0.313. The molecule has 0 amide bonds. The predicted octanol–water partition coefficient (Wildman–Crippen LogP) is 0.315. The largest absolute Gasteiger partial charge is 0.452 e. The van der Waals surface area contributed by atoms with Gasteiger partial charge in [-0.25, -0.2) is 4.79 Å². The molecule has 0 aromatic heterocycles. The molecule has 2 rings (SSSR count). The molecule has 0 aromatic rings. The first kappa shape index (κ1) is 8.02. The molecule has 0 bridgehead atoms. The average Bonchev–Trinajstić information content (AvgIpc) is 2.17. The Morgan fingerprint density at radius 2 is 2.15 bits per heavy atom. The molecule has 3 atom stereocenters. The van der Waals surface area contributed by atoms with Gasteiger partial charge >= 0.3 is 5.97 Å². The van der Waals surface area contributed by atoms with Crippen molar-refractivity contribution < 1.29 is 14.3 Å². The second-order valence-corrected chi connectivity index (χ2v) is 2.80. The fourth-order valence-corrected chi connectivity index (χ4v) is 1.29. The second-order valence-electron chi connectivity index (χ2n) is 2.80. The molecule has 4 nitrogen and oxygen atoms in total. The van der Waals surface area contributed by atoms with Gasteiger partial charge < -0.3 is 9.47 Å². The van der Waals surface area contributed by atoms with Crippen LogP contribution in [0.2, 0.25) is 0 Å². The maximum Gasteiger partial charge on any atom is 0.331 e. The summed E-state index contributed by atoms with van der Waals surface area (Å²) >= 11 is 0. The normalized spacial score (nSPS) is 36.2. The maximum atomic E-state index is 10.8. The van der Waals surface area contributed by atoms with Crippen LogP contribution in [0.15, 0.2) is 24.3 Å². The third-order valence-corrected chi connectivity index (χ3v) is 1.90. The van der Waals surface area contributed by atoms with E-state index in [1.165, 1.54) is 6.08 Å². The molecule has 0 aromatic carbocycles. The molecule has 2 heterocycles. The SMILES string of the molecule is N#C[C@@H]1C=C[C@H]2OC(=O)C=C[C@H]2O1. The highest BCUT2D eigenvalue weighted by molar-refractivity contribution is 5.83. The van der Waals surface area contributed by atoms with Crippen LogP contribution < -0.4 is 0 Å². The van der Waals surface area contributed by atoms with Crippen LogP contribution in [0.4, 0.5) is 0 Å². The first-order valence-electron chi connectivity index (χ1n) is 3.92. The number of nitriles is 1. The van der Waals surface area contributed by atoms with Crippen molar-refractivity contribution in [1.82, 2.24) is 0 Å². The minimum atomic E-state index is -0.539. The van der Waals surface area contributed by atoms with Gasteiger partial charge in [-0.2, -0.15) is 5.26 Å². The van der Waals surface area contributed by atoms with Crippen LogP contribution in [0.3, 0.4) is 0 Å². The fraction of sp³-hybridized carbons (Fsp3) is 0.333. The highest BCUT2D eigenvalue weighted by Gasteiger charge is 2.30. The number of carbonyl (C=O) groups is 1. The van der Waals surface area contributed by atoms with E-state index in [1.807, 2.05) is 6.07 Å². The van der Waals surface area contributed by atoms with Crippen molar-refractivity contribution in [3.05, 3.63) is 24.3 Å². The van der Waals surface area contributed by atoms with Crippen molar-refractivity contribution >= 4 is 5.97 Å². The highest BCUT2D eigenvalue weighted by atomic mass is 16.6. The third-order valence-electron chi connectivity index (χ3n) is 1.90. The Kier molecular flexibility index (Phi) is 1.87. The number of carbonyl (C=O) groups excluding carboxylic acids is 1. The van der Waals surface area contributed by atoms with E-state index in [0.29, 0.717) is 0 Å². The van der Waals surface area contributed by atoms with E-state index in [0.717, 1.165) is 0 Å². The standard InChI is InChI=1S/C9H7NO3/c10-5-6-1-2-8-7(12-6)3-4-9(11)13-8/h1-4,6-8H/t6-,7+,8+/m0/s1. The number of ether oxygens (including phenoxy) is 2. The summed E-state index contributed by atoms with van der Waals surface area (Å²) in [5.41, 5.74) is 0. The van der Waals surface area contributed by atoms with Crippen LogP contribution >= 0.6 is 0 Å². The number of fused-ring (bicyclic) bond motifs is 1. The van der Waals surface area contributed by atoms with Gasteiger partial charge in [0.05, 0.1) is 6.07 Å². The molecule has 0 unspecified atom stereocenters. The summed E-state index contributed by atoms with van der Waals surface area (Å²) in [6.07, 6.45) is 4.98. The van der Waals surface area contributed by atoms with Gasteiger partial charge in [0, 0.05) is 6.08 Å². The first-order valence-corrected chi connectivity index (χ1v) is 3.92. The summed E-state index contributed by atoms with van der Waals surface area (Å²) in [5, 5.41) is 8.58. The Morgan fingerprint density at radius 3 is 2.92 bits per heavy atom. The maximum absolute atomic E-state index is 10.8. The Hall–Kier alpha value is -1.60. The lowest BCUT2D eigenvalue weighted by Crippen LogP contribution is -2.38. The smallest absolute Gasteiger partial charge is 0.331 e. The molecule has 2 aliphatic rings. The van der Waals surface area contributed by atoms with Crippen molar-refractivity contribution in [3.63, 3.8) is 0 Å². The van der Waals surface area contributed by atoms with Gasteiger partial charge in [0.1, 0.15) is 6.10 Å². The summed E-state index contributed by atoms with van der Waals surface area (Å²) in [4.78, 5) is 10.8. The molecule has 0 saturated carbocycles. The quantitative estimate of drug-likeness (QED) is 0.395. The first-order chi connectivity index (χ1) is 6.29. The fourth-order valence-electron chi connectivity index (χ4n) is 1.29. The van der Waals surface area contributed by atoms with E-state index in [1.54, 1.807) is 18.2 Å². The van der Waals surface area contributed by atoms with E-state index in [2.05, 4.69) is 0 Å². The number of hydrogen-bond donors (Lipinski definition) is 0. The molecule has 2 aliphatic heterocycles. The third kappa shape index (κ3) is 1.46. The Balaban J connectivity index is 2.18. The van der Waals surface area contributed by atoms with Gasteiger partial charge in [-0.3, -0.25) is 0 Å². The van der Waals surface area contributed by atoms with Crippen molar-refractivity contribution in [2.24, 2.45) is 0 Å². The highest BCUT2D eigenvalue weighted by Crippen LogP contribution is 2.20. The summed E-state index contributed by atoms with van der Waals surface area (Å²) < 4.78 is 10.2. The van der Waals surface area contributed by atoms with Gasteiger partial charge in [-0.1, -0.05) is 0 Å². The topological polar surface area (TPSA) is 59.3 Å². The van der Waals surface area contributed by atoms with Crippen LogP contribution in [0.1, 0.15) is 0 Å². The molecule has 0 aliphatic carbocycles.